The maximum absolute atomic E-state index is 8.49. The third-order valence-electron chi connectivity index (χ3n) is 2.70. The molecule has 24 heavy (non-hydrogen) atoms. The van der Waals surface area contributed by atoms with Crippen LogP contribution in [0.3, 0.4) is 0 Å². The molecule has 132 valence electrons. The van der Waals surface area contributed by atoms with Gasteiger partial charge >= 0.3 is 0 Å². The molecule has 0 fully saturated rings. The Hall–Kier alpha value is -1.39. The third-order valence-corrected chi connectivity index (χ3v) is 3.14. The smallest absolute Gasteiger partial charge is 0.297 e. The van der Waals surface area contributed by atoms with E-state index in [1.165, 1.54) is 0 Å². The summed E-state index contributed by atoms with van der Waals surface area (Å²) in [7, 11) is -3.04. The SMILES string of the molecule is Cc1nc(N)c(COc2cc(Cl)cc(Cl)c2)c[n+]1C.[O-][Cl+3]([O-])([O-])[O-]. The molecule has 0 saturated carbocycles. The highest BCUT2D eigenvalue weighted by Crippen LogP contribution is 2.25. The fourth-order valence-electron chi connectivity index (χ4n) is 1.60. The highest BCUT2D eigenvalue weighted by molar-refractivity contribution is 6.34. The summed E-state index contributed by atoms with van der Waals surface area (Å²) in [5.74, 6) is 1.90. The molecular formula is C13H14Cl3N3O5. The molecule has 1 aromatic heterocycles. The molecule has 0 unspecified atom stereocenters. The first-order chi connectivity index (χ1) is 11.0. The summed E-state index contributed by atoms with van der Waals surface area (Å²) >= 11 is 11.8. The van der Waals surface area contributed by atoms with Crippen LogP contribution in [0.2, 0.25) is 10.0 Å². The molecule has 2 aromatic rings. The first-order valence-corrected chi connectivity index (χ1v) is 8.27. The van der Waals surface area contributed by atoms with Crippen LogP contribution < -0.4 is 33.7 Å². The second kappa shape index (κ2) is 8.63. The molecule has 0 atom stereocenters. The van der Waals surface area contributed by atoms with E-state index in [1.54, 1.807) is 18.2 Å². The minimum atomic E-state index is -4.94. The van der Waals surface area contributed by atoms with Crippen LogP contribution in [0.4, 0.5) is 5.82 Å². The molecule has 0 amide bonds. The van der Waals surface area contributed by atoms with Gasteiger partial charge < -0.3 is 10.5 Å². The molecule has 0 bridgehead atoms. The zero-order chi connectivity index (χ0) is 18.5. The van der Waals surface area contributed by atoms with Crippen molar-refractivity contribution in [3.8, 4) is 5.75 Å². The Balaban J connectivity index is 0.000000505. The van der Waals surface area contributed by atoms with Crippen LogP contribution in [-0.2, 0) is 13.7 Å². The highest BCUT2D eigenvalue weighted by Gasteiger charge is 2.12. The number of hydrogen-bond acceptors (Lipinski definition) is 7. The molecule has 0 aliphatic rings. The van der Waals surface area contributed by atoms with E-state index < -0.39 is 10.2 Å². The van der Waals surface area contributed by atoms with Gasteiger partial charge in [-0.2, -0.15) is 0 Å². The molecule has 2 rings (SSSR count). The Labute approximate surface area is 150 Å². The number of nitrogen functional groups attached to an aromatic ring is 1. The van der Waals surface area contributed by atoms with Crippen molar-refractivity contribution in [1.82, 2.24) is 4.98 Å². The van der Waals surface area contributed by atoms with Gasteiger partial charge in [-0.1, -0.05) is 23.2 Å². The van der Waals surface area contributed by atoms with Gasteiger partial charge in [0.1, 0.15) is 18.6 Å². The number of aryl methyl sites for hydroxylation is 2. The number of ether oxygens (including phenoxy) is 1. The monoisotopic (exact) mass is 397 g/mol. The van der Waals surface area contributed by atoms with Crippen molar-refractivity contribution in [2.75, 3.05) is 5.73 Å². The zero-order valence-corrected chi connectivity index (χ0v) is 14.9. The van der Waals surface area contributed by atoms with Crippen LogP contribution in [0.5, 0.6) is 5.75 Å². The van der Waals surface area contributed by atoms with E-state index in [4.69, 9.17) is 52.3 Å². The van der Waals surface area contributed by atoms with Gasteiger partial charge in [0.25, 0.3) is 5.82 Å². The van der Waals surface area contributed by atoms with E-state index >= 15 is 0 Å². The highest BCUT2D eigenvalue weighted by atomic mass is 35.7. The lowest BCUT2D eigenvalue weighted by Crippen LogP contribution is -2.68. The largest absolute Gasteiger partial charge is 0.488 e. The topological polar surface area (TPSA) is 144 Å². The maximum atomic E-state index is 8.49. The lowest BCUT2D eigenvalue weighted by molar-refractivity contribution is -2.00. The fourth-order valence-corrected chi connectivity index (χ4v) is 2.11. The number of aromatic nitrogens is 2. The predicted octanol–water partition coefficient (Wildman–Crippen LogP) is -2.07. The van der Waals surface area contributed by atoms with E-state index in [0.717, 1.165) is 11.4 Å². The summed E-state index contributed by atoms with van der Waals surface area (Å²) in [5.41, 5.74) is 6.67. The van der Waals surface area contributed by atoms with Crippen molar-refractivity contribution in [2.24, 2.45) is 7.05 Å². The standard InChI is InChI=1S/C13H13Cl2N3O.ClHO4/c1-8-17-13(16)9(6-18(8)2)7-19-12-4-10(14)3-11(15)5-12;2-1(3,4)5/h3-6,16H,7H2,1-2H3;(H,2,3,4,5). The molecule has 1 aromatic carbocycles. The molecule has 0 saturated heterocycles. The van der Waals surface area contributed by atoms with Crippen LogP contribution in [0.25, 0.3) is 0 Å². The molecule has 8 nitrogen and oxygen atoms in total. The molecule has 0 aliphatic carbocycles. The minimum Gasteiger partial charge on any atom is -0.488 e. The summed E-state index contributed by atoms with van der Waals surface area (Å²) in [5, 5.41) is 1.06. The second-order valence-corrected chi connectivity index (χ2v) is 6.21. The summed E-state index contributed by atoms with van der Waals surface area (Å²) in [6.45, 7) is 2.20. The summed E-state index contributed by atoms with van der Waals surface area (Å²) in [4.78, 5) is 4.23. The molecule has 2 N–H and O–H groups in total. The van der Waals surface area contributed by atoms with E-state index in [-0.39, 0.29) is 0 Å². The number of halogens is 3. The van der Waals surface area contributed by atoms with Crippen molar-refractivity contribution in [1.29, 1.82) is 0 Å². The van der Waals surface area contributed by atoms with E-state index in [1.807, 2.05) is 24.7 Å². The quantitative estimate of drug-likeness (QED) is 0.584. The number of nitrogens with two attached hydrogens (primary N) is 1. The van der Waals surface area contributed by atoms with Gasteiger partial charge in [0, 0.05) is 17.0 Å². The average molecular weight is 399 g/mol. The Morgan fingerprint density at radius 1 is 1.17 bits per heavy atom. The van der Waals surface area contributed by atoms with Crippen LogP contribution in [0.1, 0.15) is 11.4 Å². The third kappa shape index (κ3) is 7.93. The van der Waals surface area contributed by atoms with Gasteiger partial charge in [0.05, 0.1) is 12.6 Å². The lowest BCUT2D eigenvalue weighted by atomic mass is 10.3. The van der Waals surface area contributed by atoms with Crippen LogP contribution >= 0.6 is 23.2 Å². The van der Waals surface area contributed by atoms with Crippen LogP contribution in [-0.4, -0.2) is 4.98 Å². The van der Waals surface area contributed by atoms with Crippen molar-refractivity contribution in [3.63, 3.8) is 0 Å². The average Bonchev–Trinajstić information content (AvgIpc) is 2.38. The fraction of sp³-hybridized carbons (Fsp3) is 0.231. The van der Waals surface area contributed by atoms with Crippen LogP contribution in [0, 0.1) is 17.2 Å². The van der Waals surface area contributed by atoms with Gasteiger partial charge in [-0.15, -0.1) is 10.2 Å². The van der Waals surface area contributed by atoms with Gasteiger partial charge in [0.2, 0.25) is 5.82 Å². The Morgan fingerprint density at radius 3 is 2.17 bits per heavy atom. The number of nitrogens with zero attached hydrogens (tertiary/aromatic N) is 2. The summed E-state index contributed by atoms with van der Waals surface area (Å²) < 4.78 is 41.5. The number of benzene rings is 1. The van der Waals surface area contributed by atoms with Gasteiger partial charge in [-0.25, -0.2) is 23.2 Å². The molecule has 0 radical (unpaired) electrons. The lowest BCUT2D eigenvalue weighted by Gasteiger charge is -2.17. The number of hydrogen-bond donors (Lipinski definition) is 1. The molecule has 1 heterocycles. The van der Waals surface area contributed by atoms with E-state index in [0.29, 0.717) is 28.2 Å². The van der Waals surface area contributed by atoms with Crippen molar-refractivity contribution in [3.05, 3.63) is 45.8 Å². The Morgan fingerprint density at radius 2 is 1.67 bits per heavy atom. The van der Waals surface area contributed by atoms with Gasteiger partial charge in [0.15, 0.2) is 0 Å². The molecular weight excluding hydrogens is 385 g/mol. The minimum absolute atomic E-state index is 0.309. The number of rotatable bonds is 3. The van der Waals surface area contributed by atoms with E-state index in [2.05, 4.69) is 4.98 Å². The Bertz CT molecular complexity index is 684. The van der Waals surface area contributed by atoms with Gasteiger partial charge in [-0.3, -0.25) is 0 Å². The van der Waals surface area contributed by atoms with Crippen molar-refractivity contribution in [2.45, 2.75) is 13.5 Å². The molecule has 0 aliphatic heterocycles. The summed E-state index contributed by atoms with van der Waals surface area (Å²) in [6.07, 6.45) is 1.89. The van der Waals surface area contributed by atoms with Crippen molar-refractivity contribution >= 4 is 29.0 Å². The van der Waals surface area contributed by atoms with Crippen LogP contribution in [0.15, 0.2) is 24.4 Å². The first kappa shape index (κ1) is 20.7. The normalized spacial score (nSPS) is 10.8. The van der Waals surface area contributed by atoms with E-state index in [9.17, 15) is 0 Å². The number of anilines is 1. The van der Waals surface area contributed by atoms with Crippen molar-refractivity contribution < 1.29 is 38.2 Å². The summed E-state index contributed by atoms with van der Waals surface area (Å²) in [6, 6.07) is 5.05. The predicted molar refractivity (Wildman–Crippen MR) is 75.4 cm³/mol. The Kier molecular flexibility index (Phi) is 7.43. The zero-order valence-electron chi connectivity index (χ0n) is 12.7. The second-order valence-electron chi connectivity index (χ2n) is 4.58. The maximum Gasteiger partial charge on any atom is 0.297 e. The van der Waals surface area contributed by atoms with Gasteiger partial charge in [-0.05, 0) is 23.2 Å². The first-order valence-electron chi connectivity index (χ1n) is 6.28. The molecule has 0 spiro atoms. The molecule has 11 heteroatoms.